The molecular weight excluding hydrogens is 316 g/mol. The number of aromatic nitrogens is 4. The number of rotatable bonds is 8. The standard InChI is InChI=1S/C18H20N6O/c1-25-16-7-3-2-6-15(16)8-10-20-17-13-22-24-18(23-17)21-12-14-5-4-9-19-11-14/h2-7,9,11,13H,8,10,12H2,1H3,(H2,20,21,23,24). The lowest BCUT2D eigenvalue weighted by molar-refractivity contribution is 0.410. The monoisotopic (exact) mass is 336 g/mol. The van der Waals surface area contributed by atoms with E-state index in [0.29, 0.717) is 18.3 Å². The molecule has 0 bridgehead atoms. The Hall–Kier alpha value is -3.22. The molecule has 0 aliphatic rings. The maximum atomic E-state index is 5.36. The van der Waals surface area contributed by atoms with Crippen LogP contribution in [-0.4, -0.2) is 33.8 Å². The quantitative estimate of drug-likeness (QED) is 0.654. The summed E-state index contributed by atoms with van der Waals surface area (Å²) < 4.78 is 5.36. The third-order valence-corrected chi connectivity index (χ3v) is 3.63. The molecule has 128 valence electrons. The summed E-state index contributed by atoms with van der Waals surface area (Å²) in [6, 6.07) is 11.9. The van der Waals surface area contributed by atoms with Gasteiger partial charge in [-0.05, 0) is 29.7 Å². The van der Waals surface area contributed by atoms with Gasteiger partial charge in [0.1, 0.15) is 5.75 Å². The minimum atomic E-state index is 0.478. The fraction of sp³-hybridized carbons (Fsp3) is 0.222. The number of hydrogen-bond donors (Lipinski definition) is 2. The normalized spacial score (nSPS) is 10.3. The minimum absolute atomic E-state index is 0.478. The van der Waals surface area contributed by atoms with Crippen molar-refractivity contribution in [3.05, 3.63) is 66.1 Å². The molecule has 25 heavy (non-hydrogen) atoms. The van der Waals surface area contributed by atoms with Gasteiger partial charge >= 0.3 is 0 Å². The van der Waals surface area contributed by atoms with E-state index in [4.69, 9.17) is 4.74 Å². The summed E-state index contributed by atoms with van der Waals surface area (Å²) in [7, 11) is 1.68. The highest BCUT2D eigenvalue weighted by Gasteiger charge is 2.03. The van der Waals surface area contributed by atoms with Gasteiger partial charge in [0.15, 0.2) is 5.82 Å². The molecule has 3 aromatic rings. The van der Waals surface area contributed by atoms with E-state index in [1.54, 1.807) is 25.7 Å². The molecule has 0 atom stereocenters. The molecule has 0 saturated heterocycles. The first-order chi connectivity index (χ1) is 12.3. The third-order valence-electron chi connectivity index (χ3n) is 3.63. The molecule has 0 spiro atoms. The predicted molar refractivity (Wildman–Crippen MR) is 96.6 cm³/mol. The fourth-order valence-electron chi connectivity index (χ4n) is 2.38. The maximum Gasteiger partial charge on any atom is 0.244 e. The summed E-state index contributed by atoms with van der Waals surface area (Å²) >= 11 is 0. The molecular formula is C18H20N6O. The summed E-state index contributed by atoms with van der Waals surface area (Å²) in [6.45, 7) is 1.32. The van der Waals surface area contributed by atoms with Crippen LogP contribution in [0.4, 0.5) is 11.8 Å². The van der Waals surface area contributed by atoms with Gasteiger partial charge in [-0.1, -0.05) is 24.3 Å². The summed E-state index contributed by atoms with van der Waals surface area (Å²) in [5, 5.41) is 14.4. The van der Waals surface area contributed by atoms with Crippen LogP contribution < -0.4 is 15.4 Å². The second kappa shape index (κ2) is 8.58. The summed E-state index contributed by atoms with van der Waals surface area (Å²) in [4.78, 5) is 8.49. The third kappa shape index (κ3) is 4.87. The largest absolute Gasteiger partial charge is 0.496 e. The number of para-hydroxylation sites is 1. The molecule has 0 aliphatic carbocycles. The number of hydrogen-bond acceptors (Lipinski definition) is 7. The lowest BCUT2D eigenvalue weighted by Crippen LogP contribution is -2.10. The van der Waals surface area contributed by atoms with Gasteiger partial charge in [-0.15, -0.1) is 5.10 Å². The number of nitrogens with one attached hydrogen (secondary N) is 2. The molecule has 0 aliphatic heterocycles. The molecule has 1 aromatic carbocycles. The lowest BCUT2D eigenvalue weighted by Gasteiger charge is -2.10. The van der Waals surface area contributed by atoms with Crippen molar-refractivity contribution in [1.29, 1.82) is 0 Å². The second-order valence-electron chi connectivity index (χ2n) is 5.37. The van der Waals surface area contributed by atoms with Crippen molar-refractivity contribution in [2.24, 2.45) is 0 Å². The first kappa shape index (κ1) is 16.6. The first-order valence-corrected chi connectivity index (χ1v) is 8.03. The van der Waals surface area contributed by atoms with Crippen LogP contribution in [0.25, 0.3) is 0 Å². The van der Waals surface area contributed by atoms with E-state index in [1.807, 2.05) is 30.3 Å². The second-order valence-corrected chi connectivity index (χ2v) is 5.37. The van der Waals surface area contributed by atoms with Crippen molar-refractivity contribution in [2.45, 2.75) is 13.0 Å². The zero-order valence-electron chi connectivity index (χ0n) is 14.0. The average molecular weight is 336 g/mol. The molecule has 2 aromatic heterocycles. The van der Waals surface area contributed by atoms with Gasteiger partial charge in [-0.3, -0.25) is 4.98 Å². The Balaban J connectivity index is 1.53. The summed E-state index contributed by atoms with van der Waals surface area (Å²) in [5.74, 6) is 2.05. The number of methoxy groups -OCH3 is 1. The van der Waals surface area contributed by atoms with Gasteiger partial charge in [0.25, 0.3) is 0 Å². The molecule has 7 heteroatoms. The number of benzene rings is 1. The van der Waals surface area contributed by atoms with E-state index in [9.17, 15) is 0 Å². The Kier molecular flexibility index (Phi) is 5.71. The van der Waals surface area contributed by atoms with Crippen molar-refractivity contribution >= 4 is 11.8 Å². The zero-order valence-corrected chi connectivity index (χ0v) is 14.0. The van der Waals surface area contributed by atoms with E-state index >= 15 is 0 Å². The smallest absolute Gasteiger partial charge is 0.244 e. The van der Waals surface area contributed by atoms with Gasteiger partial charge in [0, 0.05) is 25.5 Å². The lowest BCUT2D eigenvalue weighted by atomic mass is 10.1. The minimum Gasteiger partial charge on any atom is -0.496 e. The van der Waals surface area contributed by atoms with Gasteiger partial charge in [-0.2, -0.15) is 10.1 Å². The highest BCUT2D eigenvalue weighted by Crippen LogP contribution is 2.17. The number of anilines is 2. The average Bonchev–Trinajstić information content (AvgIpc) is 2.68. The number of nitrogens with zero attached hydrogens (tertiary/aromatic N) is 4. The van der Waals surface area contributed by atoms with Crippen molar-refractivity contribution in [3.8, 4) is 5.75 Å². The Bertz CT molecular complexity index is 796. The van der Waals surface area contributed by atoms with Crippen LogP contribution in [-0.2, 0) is 13.0 Å². The van der Waals surface area contributed by atoms with Crippen LogP contribution in [0.15, 0.2) is 55.0 Å². The van der Waals surface area contributed by atoms with Gasteiger partial charge < -0.3 is 15.4 Å². The van der Waals surface area contributed by atoms with Crippen molar-refractivity contribution < 1.29 is 4.74 Å². The highest BCUT2D eigenvalue weighted by atomic mass is 16.5. The van der Waals surface area contributed by atoms with E-state index in [-0.39, 0.29) is 0 Å². The van der Waals surface area contributed by atoms with Crippen molar-refractivity contribution in [1.82, 2.24) is 20.2 Å². The summed E-state index contributed by atoms with van der Waals surface area (Å²) in [6.07, 6.45) is 5.98. The first-order valence-electron chi connectivity index (χ1n) is 8.03. The zero-order chi connectivity index (χ0) is 17.3. The van der Waals surface area contributed by atoms with Crippen LogP contribution in [0.3, 0.4) is 0 Å². The van der Waals surface area contributed by atoms with E-state index in [1.165, 1.54) is 0 Å². The van der Waals surface area contributed by atoms with Crippen molar-refractivity contribution in [3.63, 3.8) is 0 Å². The molecule has 7 nitrogen and oxygen atoms in total. The topological polar surface area (TPSA) is 84.9 Å². The van der Waals surface area contributed by atoms with E-state index < -0.39 is 0 Å². The van der Waals surface area contributed by atoms with Crippen LogP contribution in [0.5, 0.6) is 5.75 Å². The molecule has 0 unspecified atom stereocenters. The number of pyridine rings is 1. The Morgan fingerprint density at radius 1 is 1.04 bits per heavy atom. The van der Waals surface area contributed by atoms with Crippen LogP contribution in [0.2, 0.25) is 0 Å². The fourth-order valence-corrected chi connectivity index (χ4v) is 2.38. The molecule has 0 saturated carbocycles. The summed E-state index contributed by atoms with van der Waals surface area (Å²) in [5.41, 5.74) is 2.20. The Labute approximate surface area is 146 Å². The van der Waals surface area contributed by atoms with Gasteiger partial charge in [0.2, 0.25) is 5.95 Å². The molecule has 2 N–H and O–H groups in total. The molecule has 0 amide bonds. The van der Waals surface area contributed by atoms with E-state index in [2.05, 4.69) is 36.9 Å². The van der Waals surface area contributed by atoms with Crippen molar-refractivity contribution in [2.75, 3.05) is 24.3 Å². The molecule has 0 radical (unpaired) electrons. The van der Waals surface area contributed by atoms with E-state index in [0.717, 1.165) is 29.8 Å². The van der Waals surface area contributed by atoms with Crippen LogP contribution >= 0.6 is 0 Å². The van der Waals surface area contributed by atoms with Crippen LogP contribution in [0, 0.1) is 0 Å². The SMILES string of the molecule is COc1ccccc1CCNc1cnnc(NCc2cccnc2)n1. The Morgan fingerprint density at radius 3 is 2.80 bits per heavy atom. The Morgan fingerprint density at radius 2 is 1.96 bits per heavy atom. The molecule has 2 heterocycles. The maximum absolute atomic E-state index is 5.36. The van der Waals surface area contributed by atoms with Gasteiger partial charge in [-0.25, -0.2) is 0 Å². The van der Waals surface area contributed by atoms with Gasteiger partial charge in [0.05, 0.1) is 13.3 Å². The predicted octanol–water partition coefficient (Wildman–Crippen LogP) is 2.54. The highest BCUT2D eigenvalue weighted by molar-refractivity contribution is 5.39. The molecule has 3 rings (SSSR count). The number of ether oxygens (including phenoxy) is 1. The van der Waals surface area contributed by atoms with Crippen LogP contribution in [0.1, 0.15) is 11.1 Å². The molecule has 0 fully saturated rings.